The monoisotopic (exact) mass is 368 g/mol. The Kier molecular flexibility index (Phi) is 7.13. The van der Waals surface area contributed by atoms with E-state index in [2.05, 4.69) is 0 Å². The van der Waals surface area contributed by atoms with Gasteiger partial charge in [0.25, 0.3) is 0 Å². The number of hydrogen-bond donors (Lipinski definition) is 7. The summed E-state index contributed by atoms with van der Waals surface area (Å²) in [5.74, 6) is -0.132. The zero-order valence-electron chi connectivity index (χ0n) is 14.1. The average molecular weight is 368 g/mol. The minimum Gasteiger partial charge on any atom is -0.394 e. The molecule has 0 radical (unpaired) electrons. The second-order valence-electron chi connectivity index (χ2n) is 6.84. The Hall–Kier alpha value is -0.400. The second kappa shape index (κ2) is 8.53. The van der Waals surface area contributed by atoms with Crippen molar-refractivity contribution in [2.75, 3.05) is 13.2 Å². The van der Waals surface area contributed by atoms with Crippen LogP contribution >= 0.6 is 0 Å². The van der Waals surface area contributed by atoms with E-state index in [4.69, 9.17) is 14.2 Å². The molecule has 0 aromatic rings. The lowest BCUT2D eigenvalue weighted by atomic mass is 9.89. The smallest absolute Gasteiger partial charge is 0.187 e. The van der Waals surface area contributed by atoms with Gasteiger partial charge in [0.15, 0.2) is 6.29 Å². The first-order valence-electron chi connectivity index (χ1n) is 8.31. The molecule has 2 rings (SSSR count). The van der Waals surface area contributed by atoms with Gasteiger partial charge >= 0.3 is 0 Å². The zero-order valence-corrected chi connectivity index (χ0v) is 14.1. The molecule has 10 heteroatoms. The highest BCUT2D eigenvalue weighted by Crippen LogP contribution is 2.31. The molecule has 148 valence electrons. The average Bonchev–Trinajstić information content (AvgIpc) is 2.58. The highest BCUT2D eigenvalue weighted by Gasteiger charge is 2.50. The van der Waals surface area contributed by atoms with Gasteiger partial charge in [-0.25, -0.2) is 0 Å². The van der Waals surface area contributed by atoms with Crippen LogP contribution in [0.15, 0.2) is 0 Å². The van der Waals surface area contributed by atoms with Gasteiger partial charge in [-0.1, -0.05) is 13.8 Å². The van der Waals surface area contributed by atoms with Gasteiger partial charge in [0.05, 0.1) is 19.3 Å². The fourth-order valence-electron chi connectivity index (χ4n) is 3.17. The maximum Gasteiger partial charge on any atom is 0.187 e. The van der Waals surface area contributed by atoms with Crippen molar-refractivity contribution in [2.24, 2.45) is 5.92 Å². The molecule has 0 saturated carbocycles. The number of ether oxygens (including phenoxy) is 3. The normalized spacial score (nSPS) is 48.7. The molecule has 10 nitrogen and oxygen atoms in total. The SMILES string of the molecule is CC(C)[C@@H]1OC(CO)[C@@H](O[C@H]2OC(CO)[C@@H](O)[C@H](O)C2O)[C@H](O)C1O. The van der Waals surface area contributed by atoms with Crippen LogP contribution in [0.3, 0.4) is 0 Å². The molecule has 0 bridgehead atoms. The number of aliphatic hydroxyl groups excluding tert-OH is 7. The van der Waals surface area contributed by atoms with Crippen molar-refractivity contribution in [3.05, 3.63) is 0 Å². The van der Waals surface area contributed by atoms with Crippen LogP contribution in [0.25, 0.3) is 0 Å². The molecule has 2 aliphatic heterocycles. The van der Waals surface area contributed by atoms with Crippen LogP contribution in [-0.2, 0) is 14.2 Å². The molecule has 2 heterocycles. The van der Waals surface area contributed by atoms with Crippen molar-refractivity contribution in [2.45, 2.75) is 75.1 Å². The summed E-state index contributed by atoms with van der Waals surface area (Å²) < 4.78 is 16.3. The van der Waals surface area contributed by atoms with Crippen LogP contribution in [0, 0.1) is 5.92 Å². The van der Waals surface area contributed by atoms with E-state index in [1.807, 2.05) is 0 Å². The first kappa shape index (κ1) is 20.9. The molecule has 0 aromatic heterocycles. The quantitative estimate of drug-likeness (QED) is 0.256. The molecular formula is C15H28O10. The number of hydrogen-bond acceptors (Lipinski definition) is 10. The van der Waals surface area contributed by atoms with Gasteiger partial charge in [-0.05, 0) is 5.92 Å². The Morgan fingerprint density at radius 2 is 1.36 bits per heavy atom. The van der Waals surface area contributed by atoms with E-state index in [-0.39, 0.29) is 5.92 Å². The lowest BCUT2D eigenvalue weighted by molar-refractivity contribution is -0.343. The van der Waals surface area contributed by atoms with Crippen LogP contribution in [0.5, 0.6) is 0 Å². The topological polar surface area (TPSA) is 169 Å². The third kappa shape index (κ3) is 4.14. The molecule has 7 N–H and O–H groups in total. The highest BCUT2D eigenvalue weighted by molar-refractivity contribution is 4.96. The van der Waals surface area contributed by atoms with E-state index in [0.29, 0.717) is 0 Å². The summed E-state index contributed by atoms with van der Waals surface area (Å²) in [6.07, 6.45) is -13.2. The van der Waals surface area contributed by atoms with Crippen molar-refractivity contribution < 1.29 is 50.0 Å². The predicted octanol–water partition coefficient (Wildman–Crippen LogP) is -3.69. The predicted molar refractivity (Wildman–Crippen MR) is 81.2 cm³/mol. The van der Waals surface area contributed by atoms with E-state index in [1.54, 1.807) is 13.8 Å². The van der Waals surface area contributed by atoms with E-state index in [1.165, 1.54) is 0 Å². The lowest BCUT2D eigenvalue weighted by Crippen LogP contribution is -2.65. The highest BCUT2D eigenvalue weighted by atomic mass is 16.7. The van der Waals surface area contributed by atoms with Crippen LogP contribution in [0.1, 0.15) is 13.8 Å². The minimum atomic E-state index is -1.66. The van der Waals surface area contributed by atoms with E-state index >= 15 is 0 Å². The van der Waals surface area contributed by atoms with Gasteiger partial charge < -0.3 is 50.0 Å². The van der Waals surface area contributed by atoms with Crippen molar-refractivity contribution >= 4 is 0 Å². The fourth-order valence-corrected chi connectivity index (χ4v) is 3.17. The third-order valence-corrected chi connectivity index (χ3v) is 4.70. The van der Waals surface area contributed by atoms with Gasteiger partial charge in [0.1, 0.15) is 48.8 Å². The fraction of sp³-hybridized carbons (Fsp3) is 1.00. The van der Waals surface area contributed by atoms with Crippen molar-refractivity contribution in [1.82, 2.24) is 0 Å². The Balaban J connectivity index is 2.14. The van der Waals surface area contributed by atoms with Crippen molar-refractivity contribution in [3.63, 3.8) is 0 Å². The number of rotatable bonds is 5. The van der Waals surface area contributed by atoms with E-state index < -0.39 is 74.4 Å². The summed E-state index contributed by atoms with van der Waals surface area (Å²) in [4.78, 5) is 0. The summed E-state index contributed by atoms with van der Waals surface area (Å²) in [5.41, 5.74) is 0. The Labute approximate surface area is 145 Å². The van der Waals surface area contributed by atoms with E-state index in [0.717, 1.165) is 0 Å². The first-order valence-corrected chi connectivity index (χ1v) is 8.31. The minimum absolute atomic E-state index is 0.132. The van der Waals surface area contributed by atoms with Crippen LogP contribution in [0.4, 0.5) is 0 Å². The standard InChI is InChI=1S/C15H28O10/c1-5(2)13-10(20)11(21)14(7(4-17)23-13)25-15-12(22)9(19)8(18)6(3-16)24-15/h5-22H,3-4H2,1-2H3/t6?,7?,8-,9+,10?,11-,12?,13+,14-,15-/m1/s1. The number of aliphatic hydroxyl groups is 7. The largest absolute Gasteiger partial charge is 0.394 e. The molecule has 0 amide bonds. The summed E-state index contributed by atoms with van der Waals surface area (Å²) >= 11 is 0. The summed E-state index contributed by atoms with van der Waals surface area (Å²) in [6.45, 7) is 2.42. The van der Waals surface area contributed by atoms with E-state index in [9.17, 15) is 35.7 Å². The Bertz CT molecular complexity index is 417. The second-order valence-corrected chi connectivity index (χ2v) is 6.84. The van der Waals surface area contributed by atoms with Gasteiger partial charge in [0, 0.05) is 0 Å². The maximum absolute atomic E-state index is 10.4. The zero-order chi connectivity index (χ0) is 18.9. The third-order valence-electron chi connectivity index (χ3n) is 4.70. The molecule has 2 saturated heterocycles. The Morgan fingerprint density at radius 3 is 1.88 bits per heavy atom. The molecule has 25 heavy (non-hydrogen) atoms. The summed E-state index contributed by atoms with van der Waals surface area (Å²) in [5, 5.41) is 68.8. The summed E-state index contributed by atoms with van der Waals surface area (Å²) in [7, 11) is 0. The van der Waals surface area contributed by atoms with Crippen molar-refractivity contribution in [1.29, 1.82) is 0 Å². The van der Waals surface area contributed by atoms with Crippen LogP contribution in [0.2, 0.25) is 0 Å². The van der Waals surface area contributed by atoms with Crippen LogP contribution < -0.4 is 0 Å². The molecule has 4 unspecified atom stereocenters. The maximum atomic E-state index is 10.4. The van der Waals surface area contributed by atoms with Crippen molar-refractivity contribution in [3.8, 4) is 0 Å². The molecule has 0 spiro atoms. The molecule has 0 aromatic carbocycles. The molecule has 2 fully saturated rings. The molecule has 10 atom stereocenters. The Morgan fingerprint density at radius 1 is 0.760 bits per heavy atom. The van der Waals surface area contributed by atoms with Crippen LogP contribution in [-0.4, -0.2) is 110 Å². The van der Waals surface area contributed by atoms with Gasteiger partial charge in [-0.2, -0.15) is 0 Å². The lowest BCUT2D eigenvalue weighted by Gasteiger charge is -2.47. The van der Waals surface area contributed by atoms with Gasteiger partial charge in [-0.15, -0.1) is 0 Å². The summed E-state index contributed by atoms with van der Waals surface area (Å²) in [6, 6.07) is 0. The van der Waals surface area contributed by atoms with Gasteiger partial charge in [-0.3, -0.25) is 0 Å². The first-order chi connectivity index (χ1) is 11.7. The molecule has 2 aliphatic rings. The van der Waals surface area contributed by atoms with Gasteiger partial charge in [0.2, 0.25) is 0 Å². The molecule has 0 aliphatic carbocycles. The molecular weight excluding hydrogens is 340 g/mol.